The molecule has 0 heterocycles. The first-order chi connectivity index (χ1) is 14.9. The molecule has 0 aromatic heterocycles. The van der Waals surface area contributed by atoms with Crippen molar-refractivity contribution in [2.45, 2.75) is 44.3 Å². The molecule has 0 aliphatic rings. The van der Waals surface area contributed by atoms with Crippen LogP contribution in [-0.4, -0.2) is 17.1 Å². The number of anilines is 2. The van der Waals surface area contributed by atoms with Gasteiger partial charge < -0.3 is 10.6 Å². The van der Waals surface area contributed by atoms with Crippen LogP contribution < -0.4 is 10.6 Å². The molecule has 0 saturated heterocycles. The Bertz CT molecular complexity index is 1080. The zero-order valence-electron chi connectivity index (χ0n) is 18.4. The second kappa shape index (κ2) is 10.3. The van der Waals surface area contributed by atoms with E-state index in [-0.39, 0.29) is 17.1 Å². The zero-order chi connectivity index (χ0) is 22.4. The second-order valence-corrected chi connectivity index (χ2v) is 8.95. The first-order valence-electron chi connectivity index (χ1n) is 10.4. The normalized spacial score (nSPS) is 11.6. The fourth-order valence-electron chi connectivity index (χ4n) is 3.13. The van der Waals surface area contributed by atoms with Gasteiger partial charge in [-0.1, -0.05) is 42.8 Å². The highest BCUT2D eigenvalue weighted by atomic mass is 32.2. The van der Waals surface area contributed by atoms with Gasteiger partial charge in [-0.25, -0.2) is 0 Å². The van der Waals surface area contributed by atoms with Crippen LogP contribution in [0.2, 0.25) is 0 Å². The molecular weight excluding hydrogens is 404 g/mol. The minimum atomic E-state index is -0.233. The van der Waals surface area contributed by atoms with Crippen molar-refractivity contribution in [2.75, 3.05) is 10.6 Å². The standard InChI is InChI=1S/C26H28N2O2S/c1-5-24(26(30)28-23-15-18(3)9-12-19(23)4)31-22-8-6-7-21(16-22)27-25(29)20-13-10-17(2)11-14-20/h6-16,24H,5H2,1-4H3,(H,27,29)(H,28,30). The summed E-state index contributed by atoms with van der Waals surface area (Å²) in [5, 5.41) is 5.77. The maximum absolute atomic E-state index is 12.9. The lowest BCUT2D eigenvalue weighted by Crippen LogP contribution is -2.25. The Labute approximate surface area is 188 Å². The quantitative estimate of drug-likeness (QED) is 0.426. The molecule has 1 unspecified atom stereocenters. The second-order valence-electron chi connectivity index (χ2n) is 7.67. The molecule has 160 valence electrons. The summed E-state index contributed by atoms with van der Waals surface area (Å²) in [7, 11) is 0. The number of hydrogen-bond donors (Lipinski definition) is 2. The molecule has 0 radical (unpaired) electrons. The number of thioether (sulfide) groups is 1. The molecule has 2 N–H and O–H groups in total. The summed E-state index contributed by atoms with van der Waals surface area (Å²) in [5.74, 6) is -0.169. The van der Waals surface area contributed by atoms with Crippen LogP contribution in [0.3, 0.4) is 0 Å². The number of hydrogen-bond acceptors (Lipinski definition) is 3. The smallest absolute Gasteiger partial charge is 0.255 e. The van der Waals surface area contributed by atoms with E-state index in [9.17, 15) is 9.59 Å². The first kappa shape index (κ1) is 22.6. The molecule has 3 aromatic rings. The molecule has 3 rings (SSSR count). The van der Waals surface area contributed by atoms with Crippen LogP contribution in [0.25, 0.3) is 0 Å². The number of carbonyl (C=O) groups excluding carboxylic acids is 2. The number of amides is 2. The summed E-state index contributed by atoms with van der Waals surface area (Å²) < 4.78 is 0. The van der Waals surface area contributed by atoms with Crippen LogP contribution in [0.1, 0.15) is 40.4 Å². The van der Waals surface area contributed by atoms with Gasteiger partial charge in [0.1, 0.15) is 0 Å². The molecule has 0 bridgehead atoms. The summed E-state index contributed by atoms with van der Waals surface area (Å²) in [6, 6.07) is 21.1. The van der Waals surface area contributed by atoms with E-state index >= 15 is 0 Å². The molecule has 2 amide bonds. The average molecular weight is 433 g/mol. The molecular formula is C26H28N2O2S. The Morgan fingerprint density at radius 2 is 1.58 bits per heavy atom. The van der Waals surface area contributed by atoms with Crippen molar-refractivity contribution < 1.29 is 9.59 Å². The van der Waals surface area contributed by atoms with Crippen LogP contribution in [0.4, 0.5) is 11.4 Å². The van der Waals surface area contributed by atoms with Gasteiger partial charge in [0.15, 0.2) is 0 Å². The van der Waals surface area contributed by atoms with E-state index in [0.29, 0.717) is 17.7 Å². The zero-order valence-corrected chi connectivity index (χ0v) is 19.2. The highest BCUT2D eigenvalue weighted by Gasteiger charge is 2.19. The maximum atomic E-state index is 12.9. The van der Waals surface area contributed by atoms with E-state index < -0.39 is 0 Å². The Morgan fingerprint density at radius 3 is 2.29 bits per heavy atom. The number of aryl methyl sites for hydroxylation is 3. The highest BCUT2D eigenvalue weighted by Crippen LogP contribution is 2.29. The molecule has 31 heavy (non-hydrogen) atoms. The van der Waals surface area contributed by atoms with Gasteiger partial charge >= 0.3 is 0 Å². The van der Waals surface area contributed by atoms with Crippen molar-refractivity contribution in [1.29, 1.82) is 0 Å². The van der Waals surface area contributed by atoms with E-state index in [0.717, 1.165) is 27.3 Å². The average Bonchev–Trinajstić information content (AvgIpc) is 2.75. The van der Waals surface area contributed by atoms with Crippen molar-refractivity contribution in [3.05, 3.63) is 89.0 Å². The molecule has 5 heteroatoms. The third kappa shape index (κ3) is 6.22. The summed E-state index contributed by atoms with van der Waals surface area (Å²) in [5.41, 5.74) is 5.43. The Balaban J connectivity index is 1.68. The van der Waals surface area contributed by atoms with Gasteiger partial charge in [0, 0.05) is 21.8 Å². The van der Waals surface area contributed by atoms with Gasteiger partial charge in [0.25, 0.3) is 5.91 Å². The summed E-state index contributed by atoms with van der Waals surface area (Å²) in [6.07, 6.45) is 0.696. The third-order valence-electron chi connectivity index (χ3n) is 5.00. The fraction of sp³-hybridized carbons (Fsp3) is 0.231. The van der Waals surface area contributed by atoms with E-state index in [2.05, 4.69) is 10.6 Å². The Hall–Kier alpha value is -3.05. The van der Waals surface area contributed by atoms with E-state index in [1.165, 1.54) is 11.8 Å². The van der Waals surface area contributed by atoms with Gasteiger partial charge in [0.05, 0.1) is 5.25 Å². The van der Waals surface area contributed by atoms with E-state index in [1.807, 2.05) is 94.4 Å². The van der Waals surface area contributed by atoms with Crippen LogP contribution in [0.15, 0.2) is 71.6 Å². The predicted molar refractivity (Wildman–Crippen MR) is 130 cm³/mol. The number of rotatable bonds is 7. The van der Waals surface area contributed by atoms with Crippen LogP contribution in [0.5, 0.6) is 0 Å². The maximum Gasteiger partial charge on any atom is 0.255 e. The van der Waals surface area contributed by atoms with Gasteiger partial charge in [-0.2, -0.15) is 0 Å². The first-order valence-corrected chi connectivity index (χ1v) is 11.3. The Kier molecular flexibility index (Phi) is 7.53. The summed E-state index contributed by atoms with van der Waals surface area (Å²) in [6.45, 7) is 7.99. The molecule has 0 aliphatic heterocycles. The molecule has 0 spiro atoms. The number of carbonyl (C=O) groups is 2. The summed E-state index contributed by atoms with van der Waals surface area (Å²) >= 11 is 1.50. The highest BCUT2D eigenvalue weighted by molar-refractivity contribution is 8.00. The van der Waals surface area contributed by atoms with Gasteiger partial charge in [0.2, 0.25) is 5.91 Å². The van der Waals surface area contributed by atoms with Crippen LogP contribution in [0, 0.1) is 20.8 Å². The lowest BCUT2D eigenvalue weighted by Gasteiger charge is -2.17. The molecule has 4 nitrogen and oxygen atoms in total. The third-order valence-corrected chi connectivity index (χ3v) is 6.36. The lowest BCUT2D eigenvalue weighted by molar-refractivity contribution is -0.115. The van der Waals surface area contributed by atoms with Gasteiger partial charge in [-0.15, -0.1) is 11.8 Å². The van der Waals surface area contributed by atoms with E-state index in [1.54, 1.807) is 0 Å². The monoisotopic (exact) mass is 432 g/mol. The molecule has 0 saturated carbocycles. The number of benzene rings is 3. The number of nitrogens with one attached hydrogen (secondary N) is 2. The molecule has 0 fully saturated rings. The van der Waals surface area contributed by atoms with Crippen molar-refractivity contribution in [2.24, 2.45) is 0 Å². The van der Waals surface area contributed by atoms with E-state index in [4.69, 9.17) is 0 Å². The minimum Gasteiger partial charge on any atom is -0.325 e. The van der Waals surface area contributed by atoms with Crippen LogP contribution >= 0.6 is 11.8 Å². The van der Waals surface area contributed by atoms with Crippen molar-refractivity contribution in [3.63, 3.8) is 0 Å². The van der Waals surface area contributed by atoms with Gasteiger partial charge in [-0.05, 0) is 74.7 Å². The predicted octanol–water partition coefficient (Wildman–Crippen LogP) is 6.37. The van der Waals surface area contributed by atoms with Crippen LogP contribution in [-0.2, 0) is 4.79 Å². The van der Waals surface area contributed by atoms with Crippen molar-refractivity contribution in [3.8, 4) is 0 Å². The molecule has 3 aromatic carbocycles. The topological polar surface area (TPSA) is 58.2 Å². The SMILES string of the molecule is CCC(Sc1cccc(NC(=O)c2ccc(C)cc2)c1)C(=O)Nc1cc(C)ccc1C. The van der Waals surface area contributed by atoms with Crippen molar-refractivity contribution in [1.82, 2.24) is 0 Å². The fourth-order valence-corrected chi connectivity index (χ4v) is 4.14. The minimum absolute atomic E-state index is 0.0182. The molecule has 0 aliphatic carbocycles. The van der Waals surface area contributed by atoms with Crippen molar-refractivity contribution >= 4 is 35.0 Å². The summed E-state index contributed by atoms with van der Waals surface area (Å²) in [4.78, 5) is 26.3. The lowest BCUT2D eigenvalue weighted by atomic mass is 10.1. The Morgan fingerprint density at radius 1 is 0.871 bits per heavy atom. The van der Waals surface area contributed by atoms with Gasteiger partial charge in [-0.3, -0.25) is 9.59 Å². The molecule has 1 atom stereocenters. The largest absolute Gasteiger partial charge is 0.325 e.